The van der Waals surface area contributed by atoms with Gasteiger partial charge >= 0.3 is 0 Å². The Morgan fingerprint density at radius 2 is 1.04 bits per heavy atom. The first kappa shape index (κ1) is 25.8. The van der Waals surface area contributed by atoms with Crippen LogP contribution in [0, 0.1) is 0 Å². The maximum atomic E-state index is 6.43. The molecule has 0 unspecified atom stereocenters. The van der Waals surface area contributed by atoms with Gasteiger partial charge in [-0.05, 0) is 62.0 Å². The quantitative estimate of drug-likeness (QED) is 0.189. The number of aromatic nitrogens is 4. The van der Waals surface area contributed by atoms with Crippen LogP contribution >= 0.6 is 0 Å². The molecule has 0 fully saturated rings. The Bertz CT molecular complexity index is 2870. The standard InChI is InChI=1S/C42H24N4O/c1-2-11-27-23-29(18-17-25(27)9-1)39-44-40(35-21-22-43-42-37(35)34-20-19-26-10-3-6-14-31(26)38(34)47-42)46-41(45-39)36-24-28-12-4-5-13-30(28)32-15-7-8-16-33(32)36/h1-24H. The van der Waals surface area contributed by atoms with Crippen LogP contribution in [0.3, 0.4) is 0 Å². The molecule has 10 aromatic rings. The molecule has 0 aliphatic rings. The molecule has 5 heteroatoms. The molecule has 3 heterocycles. The first-order chi connectivity index (χ1) is 23.3. The van der Waals surface area contributed by atoms with Crippen LogP contribution in [0.1, 0.15) is 0 Å². The first-order valence-electron chi connectivity index (χ1n) is 15.6. The molecule has 5 nitrogen and oxygen atoms in total. The van der Waals surface area contributed by atoms with Crippen LogP contribution in [-0.4, -0.2) is 19.9 Å². The minimum atomic E-state index is 0.555. The van der Waals surface area contributed by atoms with E-state index in [2.05, 4.69) is 126 Å². The van der Waals surface area contributed by atoms with Gasteiger partial charge < -0.3 is 4.42 Å². The van der Waals surface area contributed by atoms with Crippen LogP contribution in [0.5, 0.6) is 0 Å². The van der Waals surface area contributed by atoms with E-state index in [0.29, 0.717) is 23.2 Å². The average Bonchev–Trinajstić information content (AvgIpc) is 3.54. The van der Waals surface area contributed by atoms with Crippen molar-refractivity contribution in [3.63, 3.8) is 0 Å². The molecule has 47 heavy (non-hydrogen) atoms. The van der Waals surface area contributed by atoms with E-state index in [9.17, 15) is 0 Å². The Hall–Kier alpha value is -6.46. The molecule has 0 N–H and O–H groups in total. The van der Waals surface area contributed by atoms with Crippen LogP contribution in [0.15, 0.2) is 150 Å². The molecule has 0 aliphatic carbocycles. The number of benzene rings is 7. The van der Waals surface area contributed by atoms with Gasteiger partial charge in [-0.1, -0.05) is 115 Å². The number of hydrogen-bond donors (Lipinski definition) is 0. The van der Waals surface area contributed by atoms with Gasteiger partial charge in [-0.25, -0.2) is 19.9 Å². The molecule has 0 saturated carbocycles. The summed E-state index contributed by atoms with van der Waals surface area (Å²) in [5.41, 5.74) is 4.09. The fraction of sp³-hybridized carbons (Fsp3) is 0. The van der Waals surface area contributed by atoms with Crippen LogP contribution in [0.2, 0.25) is 0 Å². The number of furan rings is 1. The van der Waals surface area contributed by atoms with Gasteiger partial charge in [-0.3, -0.25) is 0 Å². The molecule has 0 saturated heterocycles. The third kappa shape index (κ3) is 4.03. The smallest absolute Gasteiger partial charge is 0.228 e. The topological polar surface area (TPSA) is 64.7 Å². The van der Waals surface area contributed by atoms with Crippen molar-refractivity contribution in [1.82, 2.24) is 19.9 Å². The minimum absolute atomic E-state index is 0.555. The zero-order chi connectivity index (χ0) is 30.9. The third-order valence-electron chi connectivity index (χ3n) is 9.16. The van der Waals surface area contributed by atoms with Crippen molar-refractivity contribution in [1.29, 1.82) is 0 Å². The lowest BCUT2D eigenvalue weighted by atomic mass is 9.96. The zero-order valence-corrected chi connectivity index (χ0v) is 25.1. The van der Waals surface area contributed by atoms with E-state index in [1.807, 2.05) is 18.2 Å². The summed E-state index contributed by atoms with van der Waals surface area (Å²) < 4.78 is 6.43. The van der Waals surface area contributed by atoms with Crippen molar-refractivity contribution >= 4 is 65.2 Å². The third-order valence-corrected chi connectivity index (χ3v) is 9.16. The summed E-state index contributed by atoms with van der Waals surface area (Å²) in [5.74, 6) is 1.79. The molecule has 0 bridgehead atoms. The fourth-order valence-electron chi connectivity index (χ4n) is 6.93. The highest BCUT2D eigenvalue weighted by atomic mass is 16.3. The molecule has 10 rings (SSSR count). The summed E-state index contributed by atoms with van der Waals surface area (Å²) in [4.78, 5) is 20.2. The highest BCUT2D eigenvalue weighted by molar-refractivity contribution is 6.18. The van der Waals surface area contributed by atoms with Crippen molar-refractivity contribution in [2.24, 2.45) is 0 Å². The van der Waals surface area contributed by atoms with E-state index in [1.165, 1.54) is 10.8 Å². The normalized spacial score (nSPS) is 11.8. The van der Waals surface area contributed by atoms with E-state index in [-0.39, 0.29) is 0 Å². The van der Waals surface area contributed by atoms with Gasteiger partial charge in [0.25, 0.3) is 0 Å². The maximum Gasteiger partial charge on any atom is 0.228 e. The van der Waals surface area contributed by atoms with Crippen LogP contribution in [0.25, 0.3) is 99.3 Å². The lowest BCUT2D eigenvalue weighted by Crippen LogP contribution is -2.01. The highest BCUT2D eigenvalue weighted by Crippen LogP contribution is 2.40. The molecular formula is C42H24N4O. The summed E-state index contributed by atoms with van der Waals surface area (Å²) in [5, 5.41) is 10.9. The van der Waals surface area contributed by atoms with Gasteiger partial charge in [0, 0.05) is 33.7 Å². The molecule has 218 valence electrons. The van der Waals surface area contributed by atoms with E-state index in [1.54, 1.807) is 6.20 Å². The van der Waals surface area contributed by atoms with Crippen LogP contribution in [0.4, 0.5) is 0 Å². The minimum Gasteiger partial charge on any atom is -0.437 e. The molecule has 0 radical (unpaired) electrons. The maximum absolute atomic E-state index is 6.43. The lowest BCUT2D eigenvalue weighted by Gasteiger charge is -2.13. The second-order valence-corrected chi connectivity index (χ2v) is 11.9. The Morgan fingerprint density at radius 3 is 1.89 bits per heavy atom. The summed E-state index contributed by atoms with van der Waals surface area (Å²) in [6, 6.07) is 48.3. The Kier molecular flexibility index (Phi) is 5.51. The lowest BCUT2D eigenvalue weighted by molar-refractivity contribution is 0.657. The van der Waals surface area contributed by atoms with E-state index in [0.717, 1.165) is 65.4 Å². The Balaban J connectivity index is 1.29. The number of nitrogens with zero attached hydrogens (tertiary/aromatic N) is 4. The van der Waals surface area contributed by atoms with E-state index < -0.39 is 0 Å². The molecule has 7 aromatic carbocycles. The van der Waals surface area contributed by atoms with Crippen LogP contribution < -0.4 is 0 Å². The molecule has 3 aromatic heterocycles. The highest BCUT2D eigenvalue weighted by Gasteiger charge is 2.20. The number of rotatable bonds is 3. The van der Waals surface area contributed by atoms with Gasteiger partial charge in [-0.2, -0.15) is 0 Å². The molecule has 0 atom stereocenters. The van der Waals surface area contributed by atoms with Crippen LogP contribution in [-0.2, 0) is 0 Å². The van der Waals surface area contributed by atoms with E-state index >= 15 is 0 Å². The van der Waals surface area contributed by atoms with Crippen molar-refractivity contribution in [2.75, 3.05) is 0 Å². The van der Waals surface area contributed by atoms with Crippen molar-refractivity contribution in [3.05, 3.63) is 146 Å². The van der Waals surface area contributed by atoms with Crippen molar-refractivity contribution in [3.8, 4) is 34.2 Å². The monoisotopic (exact) mass is 600 g/mol. The largest absolute Gasteiger partial charge is 0.437 e. The molecular weight excluding hydrogens is 576 g/mol. The zero-order valence-electron chi connectivity index (χ0n) is 25.1. The summed E-state index contributed by atoms with van der Waals surface area (Å²) >= 11 is 0. The predicted octanol–water partition coefficient (Wildman–Crippen LogP) is 10.8. The van der Waals surface area contributed by atoms with Gasteiger partial charge in [-0.15, -0.1) is 0 Å². The van der Waals surface area contributed by atoms with Gasteiger partial charge in [0.15, 0.2) is 17.5 Å². The summed E-state index contributed by atoms with van der Waals surface area (Å²) in [6.07, 6.45) is 1.77. The predicted molar refractivity (Wildman–Crippen MR) is 191 cm³/mol. The van der Waals surface area contributed by atoms with Crippen molar-refractivity contribution < 1.29 is 4.42 Å². The number of pyridine rings is 1. The second kappa shape index (κ2) is 10.0. The fourth-order valence-corrected chi connectivity index (χ4v) is 6.93. The van der Waals surface area contributed by atoms with E-state index in [4.69, 9.17) is 19.4 Å². The summed E-state index contributed by atoms with van der Waals surface area (Å²) in [6.45, 7) is 0. The number of fused-ring (bicyclic) bond motifs is 9. The van der Waals surface area contributed by atoms with Crippen molar-refractivity contribution in [2.45, 2.75) is 0 Å². The molecule has 0 aliphatic heterocycles. The SMILES string of the molecule is c1ccc2cc(-c3nc(-c4cc5ccccc5c5ccccc45)nc(-c4ccnc5oc6c7ccccc7ccc6c45)n3)ccc2c1. The summed E-state index contributed by atoms with van der Waals surface area (Å²) in [7, 11) is 0. The Morgan fingerprint density at radius 1 is 0.404 bits per heavy atom. The van der Waals surface area contributed by atoms with Gasteiger partial charge in [0.05, 0.1) is 5.39 Å². The molecule has 0 spiro atoms. The molecule has 0 amide bonds. The van der Waals surface area contributed by atoms with Gasteiger partial charge in [0.1, 0.15) is 5.58 Å². The number of hydrogen-bond acceptors (Lipinski definition) is 5. The second-order valence-electron chi connectivity index (χ2n) is 11.9. The van der Waals surface area contributed by atoms with Gasteiger partial charge in [0.2, 0.25) is 5.71 Å². The Labute approximate surface area is 268 Å². The average molecular weight is 601 g/mol. The first-order valence-corrected chi connectivity index (χ1v) is 15.6.